The van der Waals surface area contributed by atoms with E-state index >= 15 is 0 Å². The smallest absolute Gasteiger partial charge is 0.132 e. The summed E-state index contributed by atoms with van der Waals surface area (Å²) in [6.07, 6.45) is 3.30. The van der Waals surface area contributed by atoms with E-state index in [0.29, 0.717) is 0 Å². The summed E-state index contributed by atoms with van der Waals surface area (Å²) in [4.78, 5) is 7.82. The number of nitrogens with one attached hydrogen (secondary N) is 1. The van der Waals surface area contributed by atoms with Crippen LogP contribution in [0.15, 0.2) is 12.5 Å². The van der Waals surface area contributed by atoms with Crippen molar-refractivity contribution in [3.8, 4) is 0 Å². The monoisotopic (exact) mass is 159 g/mol. The first-order chi connectivity index (χ1) is 4.34. The summed E-state index contributed by atoms with van der Waals surface area (Å²) >= 11 is 0. The molecule has 0 unspecified atom stereocenters. The van der Waals surface area contributed by atoms with Crippen molar-refractivity contribution in [3.05, 3.63) is 18.1 Å². The number of hydrogen-bond donors (Lipinski definition) is 1. The maximum absolute atomic E-state index is 3.97. The third-order valence-electron chi connectivity index (χ3n) is 1.13. The van der Waals surface area contributed by atoms with Gasteiger partial charge >= 0.3 is 0 Å². The standard InChI is InChI=1S/C6H9N3.ClH/c1-5-3-8-4-9-6(5)7-2;/h3-4H,1-2H3,(H,7,8,9);1H. The predicted octanol–water partition coefficient (Wildman–Crippen LogP) is 1.25. The van der Waals surface area contributed by atoms with Gasteiger partial charge in [-0.25, -0.2) is 9.97 Å². The van der Waals surface area contributed by atoms with Crippen LogP contribution in [-0.4, -0.2) is 17.0 Å². The first-order valence-corrected chi connectivity index (χ1v) is 2.79. The maximum atomic E-state index is 3.97. The highest BCUT2D eigenvalue weighted by Gasteiger charge is 1.91. The fraction of sp³-hybridized carbons (Fsp3) is 0.333. The lowest BCUT2D eigenvalue weighted by Crippen LogP contribution is -1.94. The Morgan fingerprint density at radius 3 is 2.60 bits per heavy atom. The summed E-state index contributed by atoms with van der Waals surface area (Å²) in [7, 11) is 1.84. The molecule has 0 saturated carbocycles. The van der Waals surface area contributed by atoms with E-state index in [9.17, 15) is 0 Å². The van der Waals surface area contributed by atoms with E-state index in [1.807, 2.05) is 14.0 Å². The fourth-order valence-corrected chi connectivity index (χ4v) is 0.661. The van der Waals surface area contributed by atoms with Gasteiger partial charge in [-0.2, -0.15) is 0 Å². The zero-order valence-corrected chi connectivity index (χ0v) is 6.77. The summed E-state index contributed by atoms with van der Waals surface area (Å²) in [6.45, 7) is 1.96. The van der Waals surface area contributed by atoms with Gasteiger partial charge in [0.05, 0.1) is 0 Å². The highest BCUT2D eigenvalue weighted by atomic mass is 35.5. The Morgan fingerprint density at radius 1 is 1.50 bits per heavy atom. The second-order valence-electron chi connectivity index (χ2n) is 1.80. The van der Waals surface area contributed by atoms with Crippen LogP contribution in [0.4, 0.5) is 5.82 Å². The molecule has 0 saturated heterocycles. The Kier molecular flexibility index (Phi) is 3.72. The predicted molar refractivity (Wildman–Crippen MR) is 43.6 cm³/mol. The normalized spacial score (nSPS) is 8.20. The van der Waals surface area contributed by atoms with Crippen LogP contribution >= 0.6 is 12.4 Å². The van der Waals surface area contributed by atoms with Gasteiger partial charge in [0.1, 0.15) is 12.1 Å². The molecule has 0 spiro atoms. The molecule has 1 aromatic heterocycles. The lowest BCUT2D eigenvalue weighted by Gasteiger charge is -1.99. The maximum Gasteiger partial charge on any atom is 0.132 e. The Hall–Kier alpha value is -0.830. The second-order valence-corrected chi connectivity index (χ2v) is 1.80. The van der Waals surface area contributed by atoms with Crippen molar-refractivity contribution < 1.29 is 0 Å². The molecular formula is C6H10ClN3. The number of anilines is 1. The average molecular weight is 160 g/mol. The molecule has 0 fully saturated rings. The Bertz CT molecular complexity index is 202. The topological polar surface area (TPSA) is 37.8 Å². The molecule has 0 atom stereocenters. The van der Waals surface area contributed by atoms with Gasteiger partial charge in [0, 0.05) is 18.8 Å². The van der Waals surface area contributed by atoms with Crippen molar-refractivity contribution in [2.75, 3.05) is 12.4 Å². The summed E-state index contributed by atoms with van der Waals surface area (Å²) in [6, 6.07) is 0. The Balaban J connectivity index is 0.000000810. The number of aromatic nitrogens is 2. The minimum absolute atomic E-state index is 0. The highest BCUT2D eigenvalue weighted by molar-refractivity contribution is 5.85. The average Bonchev–Trinajstić information content (AvgIpc) is 1.89. The van der Waals surface area contributed by atoms with E-state index in [1.165, 1.54) is 6.33 Å². The number of halogens is 1. The van der Waals surface area contributed by atoms with Gasteiger partial charge in [-0.15, -0.1) is 12.4 Å². The molecule has 0 aliphatic carbocycles. The van der Waals surface area contributed by atoms with Gasteiger partial charge in [0.15, 0.2) is 0 Å². The molecule has 4 heteroatoms. The first-order valence-electron chi connectivity index (χ1n) is 2.79. The van der Waals surface area contributed by atoms with Crippen molar-refractivity contribution in [2.45, 2.75) is 6.92 Å². The second kappa shape index (κ2) is 4.06. The largest absolute Gasteiger partial charge is 0.373 e. The molecule has 56 valence electrons. The highest BCUT2D eigenvalue weighted by Crippen LogP contribution is 2.04. The van der Waals surface area contributed by atoms with E-state index in [1.54, 1.807) is 6.20 Å². The molecule has 0 bridgehead atoms. The zero-order valence-electron chi connectivity index (χ0n) is 5.96. The lowest BCUT2D eigenvalue weighted by atomic mass is 10.3. The van der Waals surface area contributed by atoms with E-state index in [0.717, 1.165) is 11.4 Å². The van der Waals surface area contributed by atoms with Crippen LogP contribution in [0.3, 0.4) is 0 Å². The van der Waals surface area contributed by atoms with Crippen LogP contribution in [0.2, 0.25) is 0 Å². The minimum Gasteiger partial charge on any atom is -0.373 e. The third kappa shape index (κ3) is 1.84. The summed E-state index contributed by atoms with van der Waals surface area (Å²) in [5.41, 5.74) is 1.07. The number of rotatable bonds is 1. The molecule has 0 amide bonds. The van der Waals surface area contributed by atoms with E-state index in [4.69, 9.17) is 0 Å². The molecule has 3 nitrogen and oxygen atoms in total. The molecule has 10 heavy (non-hydrogen) atoms. The van der Waals surface area contributed by atoms with Gasteiger partial charge in [0.2, 0.25) is 0 Å². The van der Waals surface area contributed by atoms with Crippen LogP contribution in [0.5, 0.6) is 0 Å². The summed E-state index contributed by atoms with van der Waals surface area (Å²) in [5.74, 6) is 0.894. The van der Waals surface area contributed by atoms with E-state index in [2.05, 4.69) is 15.3 Å². The van der Waals surface area contributed by atoms with Crippen molar-refractivity contribution in [3.63, 3.8) is 0 Å². The quantitative estimate of drug-likeness (QED) is 0.670. The third-order valence-corrected chi connectivity index (χ3v) is 1.13. The van der Waals surface area contributed by atoms with Crippen molar-refractivity contribution >= 4 is 18.2 Å². The molecule has 0 aromatic carbocycles. The zero-order chi connectivity index (χ0) is 6.69. The summed E-state index contributed by atoms with van der Waals surface area (Å²) in [5, 5.41) is 2.94. The SMILES string of the molecule is CNc1ncncc1C.Cl. The Labute approximate surface area is 66.3 Å². The molecular weight excluding hydrogens is 150 g/mol. The van der Waals surface area contributed by atoms with Crippen LogP contribution in [0.25, 0.3) is 0 Å². The van der Waals surface area contributed by atoms with Gasteiger partial charge in [-0.05, 0) is 6.92 Å². The first kappa shape index (κ1) is 9.17. The van der Waals surface area contributed by atoms with E-state index < -0.39 is 0 Å². The molecule has 0 radical (unpaired) electrons. The number of aryl methyl sites for hydroxylation is 1. The summed E-state index contributed by atoms with van der Waals surface area (Å²) < 4.78 is 0. The Morgan fingerprint density at radius 2 is 2.20 bits per heavy atom. The van der Waals surface area contributed by atoms with Crippen LogP contribution in [-0.2, 0) is 0 Å². The molecule has 1 rings (SSSR count). The van der Waals surface area contributed by atoms with Crippen molar-refractivity contribution in [1.82, 2.24) is 9.97 Å². The molecule has 0 aliphatic rings. The van der Waals surface area contributed by atoms with Gasteiger partial charge in [-0.3, -0.25) is 0 Å². The van der Waals surface area contributed by atoms with Crippen molar-refractivity contribution in [1.29, 1.82) is 0 Å². The molecule has 1 aromatic rings. The van der Waals surface area contributed by atoms with Crippen molar-refractivity contribution in [2.24, 2.45) is 0 Å². The minimum atomic E-state index is 0. The number of hydrogen-bond acceptors (Lipinski definition) is 3. The van der Waals surface area contributed by atoms with Crippen LogP contribution in [0, 0.1) is 6.92 Å². The fourth-order valence-electron chi connectivity index (χ4n) is 0.661. The van der Waals surface area contributed by atoms with E-state index in [-0.39, 0.29) is 12.4 Å². The lowest BCUT2D eigenvalue weighted by molar-refractivity contribution is 1.12. The van der Waals surface area contributed by atoms with Crippen LogP contribution < -0.4 is 5.32 Å². The molecule has 0 aliphatic heterocycles. The van der Waals surface area contributed by atoms with Gasteiger partial charge in [-0.1, -0.05) is 0 Å². The van der Waals surface area contributed by atoms with Gasteiger partial charge in [0.25, 0.3) is 0 Å². The molecule has 1 N–H and O–H groups in total. The van der Waals surface area contributed by atoms with Gasteiger partial charge < -0.3 is 5.32 Å². The molecule has 1 heterocycles. The van der Waals surface area contributed by atoms with Crippen LogP contribution in [0.1, 0.15) is 5.56 Å². The number of nitrogens with zero attached hydrogens (tertiary/aromatic N) is 2.